The highest BCUT2D eigenvalue weighted by molar-refractivity contribution is 6.31. The number of anilines is 1. The predicted molar refractivity (Wildman–Crippen MR) is 127 cm³/mol. The fraction of sp³-hybridized carbons (Fsp3) is 0.417. The van der Waals surface area contributed by atoms with Gasteiger partial charge in [-0.1, -0.05) is 39.3 Å². The molecule has 1 aliphatic rings. The summed E-state index contributed by atoms with van der Waals surface area (Å²) in [5.74, 6) is 0.570. The normalized spacial score (nSPS) is 20.2. The van der Waals surface area contributed by atoms with E-state index in [1.54, 1.807) is 49.3 Å². The van der Waals surface area contributed by atoms with Gasteiger partial charge in [0.15, 0.2) is 0 Å². The molecule has 33 heavy (non-hydrogen) atoms. The molecule has 174 valence electrons. The first-order valence-electron chi connectivity index (χ1n) is 10.4. The van der Waals surface area contributed by atoms with E-state index >= 15 is 0 Å². The molecular weight excluding hydrogens is 444 g/mol. The van der Waals surface area contributed by atoms with Gasteiger partial charge in [0.1, 0.15) is 17.9 Å². The van der Waals surface area contributed by atoms with E-state index in [9.17, 15) is 14.9 Å². The number of nitro groups is 1. The SMILES string of the molecule is CN(C(=O)N(C)[C@H]1C(C)(C)[C@H](Oc2ccc(C#N)c(Cl)c2)C1(C)C)c1ccc([N+](=O)[O-])cc1. The molecule has 0 aliphatic heterocycles. The fourth-order valence-electron chi connectivity index (χ4n) is 5.46. The maximum absolute atomic E-state index is 13.3. The lowest BCUT2D eigenvalue weighted by molar-refractivity contribution is -0.384. The first kappa shape index (κ1) is 24.3. The zero-order chi connectivity index (χ0) is 24.7. The molecule has 2 amide bonds. The number of rotatable bonds is 5. The number of carbonyl (C=O) groups is 1. The smallest absolute Gasteiger partial charge is 0.324 e. The second-order valence-corrected chi connectivity index (χ2v) is 9.93. The molecule has 0 spiro atoms. The summed E-state index contributed by atoms with van der Waals surface area (Å²) < 4.78 is 6.29. The zero-order valence-electron chi connectivity index (χ0n) is 19.5. The Labute approximate surface area is 198 Å². The number of urea groups is 1. The Hall–Kier alpha value is -3.31. The van der Waals surface area contributed by atoms with Crippen molar-refractivity contribution < 1.29 is 14.5 Å². The van der Waals surface area contributed by atoms with Gasteiger partial charge in [-0.05, 0) is 24.3 Å². The van der Waals surface area contributed by atoms with Crippen LogP contribution in [0.25, 0.3) is 0 Å². The molecule has 0 radical (unpaired) electrons. The lowest BCUT2D eigenvalue weighted by atomic mass is 9.49. The van der Waals surface area contributed by atoms with Crippen molar-refractivity contribution in [3.63, 3.8) is 0 Å². The Kier molecular flexibility index (Phi) is 6.31. The predicted octanol–water partition coefficient (Wildman–Crippen LogP) is 5.49. The van der Waals surface area contributed by atoms with Gasteiger partial charge < -0.3 is 9.64 Å². The van der Waals surface area contributed by atoms with Gasteiger partial charge in [0.25, 0.3) is 5.69 Å². The van der Waals surface area contributed by atoms with Crippen molar-refractivity contribution in [3.05, 3.63) is 63.2 Å². The molecule has 0 bridgehead atoms. The Bertz CT molecular complexity index is 1110. The highest BCUT2D eigenvalue weighted by Gasteiger charge is 2.66. The number of halogens is 1. The molecule has 0 atom stereocenters. The van der Waals surface area contributed by atoms with Crippen LogP contribution >= 0.6 is 11.6 Å². The van der Waals surface area contributed by atoms with Gasteiger partial charge in [0, 0.05) is 48.8 Å². The van der Waals surface area contributed by atoms with Gasteiger partial charge in [0.2, 0.25) is 0 Å². The fourth-order valence-corrected chi connectivity index (χ4v) is 5.67. The Morgan fingerprint density at radius 1 is 1.12 bits per heavy atom. The van der Waals surface area contributed by atoms with Crippen LogP contribution in [-0.2, 0) is 0 Å². The second kappa shape index (κ2) is 8.56. The molecule has 8 nitrogen and oxygen atoms in total. The van der Waals surface area contributed by atoms with Gasteiger partial charge >= 0.3 is 6.03 Å². The van der Waals surface area contributed by atoms with Gasteiger partial charge in [-0.3, -0.25) is 15.0 Å². The summed E-state index contributed by atoms with van der Waals surface area (Å²) in [6.07, 6.45) is -0.209. The van der Waals surface area contributed by atoms with Crippen molar-refractivity contribution in [2.24, 2.45) is 10.8 Å². The molecule has 2 aromatic rings. The number of nitro benzene ring substituents is 1. The molecule has 0 N–H and O–H groups in total. The third kappa shape index (κ3) is 4.21. The Balaban J connectivity index is 1.78. The van der Waals surface area contributed by atoms with E-state index in [4.69, 9.17) is 21.6 Å². The average Bonchev–Trinajstić information content (AvgIpc) is 2.76. The van der Waals surface area contributed by atoms with Crippen LogP contribution in [-0.4, -0.2) is 42.1 Å². The number of hydrogen-bond donors (Lipinski definition) is 0. The van der Waals surface area contributed by atoms with Crippen molar-refractivity contribution in [2.75, 3.05) is 19.0 Å². The van der Waals surface area contributed by atoms with Crippen LogP contribution in [0, 0.1) is 32.3 Å². The van der Waals surface area contributed by atoms with Crippen molar-refractivity contribution in [1.29, 1.82) is 5.26 Å². The Morgan fingerprint density at radius 3 is 2.18 bits per heavy atom. The third-order valence-corrected chi connectivity index (χ3v) is 6.81. The van der Waals surface area contributed by atoms with Crippen LogP contribution in [0.1, 0.15) is 33.3 Å². The molecule has 0 saturated heterocycles. The number of non-ortho nitro benzene ring substituents is 1. The quantitative estimate of drug-likeness (QED) is 0.425. The lowest BCUT2D eigenvalue weighted by Gasteiger charge is -2.65. The summed E-state index contributed by atoms with van der Waals surface area (Å²) in [4.78, 5) is 26.9. The minimum absolute atomic E-state index is 0.0305. The first-order chi connectivity index (χ1) is 15.3. The molecule has 9 heteroatoms. The zero-order valence-corrected chi connectivity index (χ0v) is 20.3. The number of benzene rings is 2. The highest BCUT2D eigenvalue weighted by Crippen LogP contribution is 2.57. The summed E-state index contributed by atoms with van der Waals surface area (Å²) in [7, 11) is 3.40. The average molecular weight is 471 g/mol. The number of carbonyl (C=O) groups excluding carboxylic acids is 1. The van der Waals surface area contributed by atoms with Crippen molar-refractivity contribution >= 4 is 29.0 Å². The molecule has 1 fully saturated rings. The molecule has 1 saturated carbocycles. The van der Waals surface area contributed by atoms with Crippen LogP contribution in [0.15, 0.2) is 42.5 Å². The van der Waals surface area contributed by atoms with Crippen molar-refractivity contribution in [1.82, 2.24) is 4.90 Å². The van der Waals surface area contributed by atoms with Gasteiger partial charge in [0.05, 0.1) is 21.6 Å². The minimum atomic E-state index is -0.474. The van der Waals surface area contributed by atoms with Gasteiger partial charge in [-0.25, -0.2) is 4.79 Å². The second-order valence-electron chi connectivity index (χ2n) is 9.52. The number of nitrogens with zero attached hydrogens (tertiary/aromatic N) is 4. The van der Waals surface area contributed by atoms with Crippen LogP contribution in [0.3, 0.4) is 0 Å². The number of amides is 2. The molecule has 1 aliphatic carbocycles. The molecule has 0 heterocycles. The maximum atomic E-state index is 13.3. The van der Waals surface area contributed by atoms with Gasteiger partial charge in [-0.15, -0.1) is 0 Å². The largest absolute Gasteiger partial charge is 0.489 e. The molecule has 0 aromatic heterocycles. The molecule has 0 unspecified atom stereocenters. The van der Waals surface area contributed by atoms with E-state index in [-0.39, 0.29) is 34.7 Å². The highest BCUT2D eigenvalue weighted by atomic mass is 35.5. The number of hydrogen-bond acceptors (Lipinski definition) is 5. The summed E-state index contributed by atoms with van der Waals surface area (Å²) >= 11 is 6.16. The number of ether oxygens (including phenoxy) is 1. The summed E-state index contributed by atoms with van der Waals surface area (Å²) in [5.41, 5.74) is 0.146. The van der Waals surface area contributed by atoms with E-state index in [0.717, 1.165) is 0 Å². The van der Waals surface area contributed by atoms with E-state index < -0.39 is 4.92 Å². The standard InChI is InChI=1S/C24H27ClN4O4/c1-23(2)20(24(3,4)21(23)33-18-12-7-15(14-26)19(25)13-18)28(6)22(30)27(5)16-8-10-17(11-9-16)29(31)32/h7-13,20-21H,1-6H3/t20-,21-. The third-order valence-electron chi connectivity index (χ3n) is 6.50. The molecule has 3 rings (SSSR count). The topological polar surface area (TPSA) is 99.7 Å². The van der Waals surface area contributed by atoms with Crippen LogP contribution in [0.4, 0.5) is 16.2 Å². The van der Waals surface area contributed by atoms with Crippen molar-refractivity contribution in [2.45, 2.75) is 39.8 Å². The summed E-state index contributed by atoms with van der Waals surface area (Å²) in [6.45, 7) is 8.20. The molecular formula is C24H27ClN4O4. The summed E-state index contributed by atoms with van der Waals surface area (Å²) in [5, 5.41) is 20.3. The Morgan fingerprint density at radius 2 is 1.70 bits per heavy atom. The van der Waals surface area contributed by atoms with E-state index in [0.29, 0.717) is 22.0 Å². The minimum Gasteiger partial charge on any atom is -0.489 e. The van der Waals surface area contributed by atoms with Crippen LogP contribution in [0.2, 0.25) is 5.02 Å². The monoisotopic (exact) mass is 470 g/mol. The van der Waals surface area contributed by atoms with E-state index in [1.165, 1.54) is 17.0 Å². The van der Waals surface area contributed by atoms with E-state index in [1.807, 2.05) is 6.07 Å². The first-order valence-corrected chi connectivity index (χ1v) is 10.8. The van der Waals surface area contributed by atoms with Crippen LogP contribution < -0.4 is 9.64 Å². The van der Waals surface area contributed by atoms with E-state index in [2.05, 4.69) is 27.7 Å². The lowest BCUT2D eigenvalue weighted by Crippen LogP contribution is -2.75. The van der Waals surface area contributed by atoms with Crippen LogP contribution in [0.5, 0.6) is 5.75 Å². The molecule has 2 aromatic carbocycles. The number of nitriles is 1. The summed E-state index contributed by atoms with van der Waals surface area (Å²) in [6, 6.07) is 12.5. The van der Waals surface area contributed by atoms with Crippen molar-refractivity contribution in [3.8, 4) is 11.8 Å². The maximum Gasteiger partial charge on any atom is 0.324 e. The van der Waals surface area contributed by atoms with Gasteiger partial charge in [-0.2, -0.15) is 5.26 Å².